The summed E-state index contributed by atoms with van der Waals surface area (Å²) in [4.78, 5) is 0. The Labute approximate surface area is 121 Å². The second-order valence-electron chi connectivity index (χ2n) is 4.06. The maximum Gasteiger partial charge on any atom is 0.142 e. The number of hydrogen-bond donors (Lipinski definition) is 1. The van der Waals surface area contributed by atoms with E-state index < -0.39 is 5.82 Å². The third kappa shape index (κ3) is 4.82. The van der Waals surface area contributed by atoms with E-state index in [4.69, 9.17) is 16.3 Å². The van der Waals surface area contributed by atoms with Crippen molar-refractivity contribution in [1.82, 2.24) is 5.32 Å². The summed E-state index contributed by atoms with van der Waals surface area (Å²) < 4.78 is 18.4. The molecule has 19 heavy (non-hydrogen) atoms. The zero-order valence-electron chi connectivity index (χ0n) is 10.4. The lowest BCUT2D eigenvalue weighted by molar-refractivity contribution is 0.314. The Balaban J connectivity index is 1.60. The lowest BCUT2D eigenvalue weighted by Crippen LogP contribution is -2.23. The minimum atomic E-state index is -0.428. The van der Waals surface area contributed by atoms with Gasteiger partial charge in [0.2, 0.25) is 0 Å². The molecule has 0 fully saturated rings. The molecule has 1 aromatic heterocycles. The molecule has 2 rings (SSSR count). The standard InChI is InChI=1S/C14H15ClFNOS/c15-13-9-12(1-2-14(13)16)18-7-6-17-5-3-11-4-8-19-10-11/h1-2,4,8-10,17H,3,5-7H2. The minimum Gasteiger partial charge on any atom is -0.492 e. The summed E-state index contributed by atoms with van der Waals surface area (Å²) in [6.07, 6.45) is 1.02. The van der Waals surface area contributed by atoms with Gasteiger partial charge in [0.1, 0.15) is 18.2 Å². The SMILES string of the molecule is Fc1ccc(OCCNCCc2ccsc2)cc1Cl. The molecule has 0 atom stereocenters. The van der Waals surface area contributed by atoms with E-state index in [2.05, 4.69) is 22.1 Å². The lowest BCUT2D eigenvalue weighted by atomic mass is 10.2. The normalized spacial score (nSPS) is 10.6. The van der Waals surface area contributed by atoms with Crippen LogP contribution >= 0.6 is 22.9 Å². The topological polar surface area (TPSA) is 21.3 Å². The van der Waals surface area contributed by atoms with Crippen LogP contribution in [0.3, 0.4) is 0 Å². The number of rotatable bonds is 7. The van der Waals surface area contributed by atoms with Crippen LogP contribution in [-0.4, -0.2) is 19.7 Å². The molecular formula is C14H15ClFNOS. The fraction of sp³-hybridized carbons (Fsp3) is 0.286. The van der Waals surface area contributed by atoms with Gasteiger partial charge in [0.05, 0.1) is 5.02 Å². The average molecular weight is 300 g/mol. The molecule has 0 aliphatic rings. The third-order valence-electron chi connectivity index (χ3n) is 2.61. The summed E-state index contributed by atoms with van der Waals surface area (Å²) in [7, 11) is 0. The van der Waals surface area contributed by atoms with E-state index in [-0.39, 0.29) is 5.02 Å². The summed E-state index contributed by atoms with van der Waals surface area (Å²) in [5, 5.41) is 7.61. The highest BCUT2D eigenvalue weighted by Gasteiger charge is 2.01. The van der Waals surface area contributed by atoms with Crippen molar-refractivity contribution in [3.63, 3.8) is 0 Å². The molecular weight excluding hydrogens is 285 g/mol. The van der Waals surface area contributed by atoms with Crippen LogP contribution < -0.4 is 10.1 Å². The molecule has 0 aliphatic carbocycles. The highest BCUT2D eigenvalue weighted by molar-refractivity contribution is 7.07. The van der Waals surface area contributed by atoms with E-state index in [0.717, 1.165) is 19.5 Å². The van der Waals surface area contributed by atoms with Crippen molar-refractivity contribution in [2.45, 2.75) is 6.42 Å². The molecule has 0 unspecified atom stereocenters. The molecule has 0 radical (unpaired) electrons. The largest absolute Gasteiger partial charge is 0.492 e. The van der Waals surface area contributed by atoms with Gasteiger partial charge in [-0.2, -0.15) is 11.3 Å². The maximum atomic E-state index is 12.9. The quantitative estimate of drug-likeness (QED) is 0.786. The summed E-state index contributed by atoms with van der Waals surface area (Å²) in [6.45, 7) is 2.20. The molecule has 0 aliphatic heterocycles. The van der Waals surface area contributed by atoms with E-state index in [1.165, 1.54) is 17.7 Å². The summed E-state index contributed by atoms with van der Waals surface area (Å²) in [6, 6.07) is 6.50. The highest BCUT2D eigenvalue weighted by atomic mass is 35.5. The van der Waals surface area contributed by atoms with Gasteiger partial charge in [0.15, 0.2) is 0 Å². The van der Waals surface area contributed by atoms with Gasteiger partial charge in [0, 0.05) is 12.6 Å². The van der Waals surface area contributed by atoms with Crippen LogP contribution in [0.2, 0.25) is 5.02 Å². The van der Waals surface area contributed by atoms with Gasteiger partial charge < -0.3 is 10.1 Å². The average Bonchev–Trinajstić information content (AvgIpc) is 2.91. The molecule has 0 bridgehead atoms. The van der Waals surface area contributed by atoms with Gasteiger partial charge in [-0.05, 0) is 47.5 Å². The molecule has 0 spiro atoms. The van der Waals surface area contributed by atoms with E-state index >= 15 is 0 Å². The van der Waals surface area contributed by atoms with Crippen LogP contribution in [-0.2, 0) is 6.42 Å². The number of ether oxygens (including phenoxy) is 1. The zero-order chi connectivity index (χ0) is 13.5. The van der Waals surface area contributed by atoms with E-state index in [9.17, 15) is 4.39 Å². The van der Waals surface area contributed by atoms with Gasteiger partial charge in [-0.25, -0.2) is 4.39 Å². The number of hydrogen-bond acceptors (Lipinski definition) is 3. The second kappa shape index (κ2) is 7.48. The molecule has 1 aromatic carbocycles. The van der Waals surface area contributed by atoms with Gasteiger partial charge in [0.25, 0.3) is 0 Å². The van der Waals surface area contributed by atoms with Crippen molar-refractivity contribution >= 4 is 22.9 Å². The Bertz CT molecular complexity index is 504. The Morgan fingerprint density at radius 1 is 1.26 bits per heavy atom. The van der Waals surface area contributed by atoms with Crippen molar-refractivity contribution in [2.75, 3.05) is 19.7 Å². The molecule has 0 saturated heterocycles. The summed E-state index contributed by atoms with van der Waals surface area (Å²) in [5.74, 6) is 0.161. The van der Waals surface area contributed by atoms with E-state index in [0.29, 0.717) is 12.4 Å². The van der Waals surface area contributed by atoms with Crippen LogP contribution in [0.4, 0.5) is 4.39 Å². The molecule has 5 heteroatoms. The van der Waals surface area contributed by atoms with E-state index in [1.54, 1.807) is 17.4 Å². The first-order chi connectivity index (χ1) is 9.25. The van der Waals surface area contributed by atoms with Crippen LogP contribution in [0.5, 0.6) is 5.75 Å². The number of halogens is 2. The molecule has 1 N–H and O–H groups in total. The minimum absolute atomic E-state index is 0.0860. The third-order valence-corrected chi connectivity index (χ3v) is 3.63. The van der Waals surface area contributed by atoms with Crippen LogP contribution in [0.15, 0.2) is 35.0 Å². The molecule has 1 heterocycles. The number of nitrogens with one attached hydrogen (secondary N) is 1. The molecule has 0 amide bonds. The van der Waals surface area contributed by atoms with Gasteiger partial charge >= 0.3 is 0 Å². The Morgan fingerprint density at radius 2 is 2.16 bits per heavy atom. The lowest BCUT2D eigenvalue weighted by Gasteiger charge is -2.07. The maximum absolute atomic E-state index is 12.9. The second-order valence-corrected chi connectivity index (χ2v) is 5.24. The smallest absolute Gasteiger partial charge is 0.142 e. The molecule has 0 saturated carbocycles. The monoisotopic (exact) mass is 299 g/mol. The number of benzene rings is 1. The Kier molecular flexibility index (Phi) is 5.63. The van der Waals surface area contributed by atoms with Gasteiger partial charge in [-0.15, -0.1) is 0 Å². The summed E-state index contributed by atoms with van der Waals surface area (Å²) >= 11 is 7.38. The predicted octanol–water partition coefficient (Wildman–Crippen LogP) is 3.75. The first kappa shape index (κ1) is 14.3. The van der Waals surface area contributed by atoms with Crippen LogP contribution in [0.1, 0.15) is 5.56 Å². The Hall–Kier alpha value is -1.10. The number of thiophene rings is 1. The first-order valence-corrected chi connectivity index (χ1v) is 7.37. The van der Waals surface area contributed by atoms with Crippen molar-refractivity contribution in [2.24, 2.45) is 0 Å². The molecule has 102 valence electrons. The van der Waals surface area contributed by atoms with Gasteiger partial charge in [-0.1, -0.05) is 11.6 Å². The van der Waals surface area contributed by atoms with Crippen molar-refractivity contribution in [1.29, 1.82) is 0 Å². The molecule has 2 nitrogen and oxygen atoms in total. The first-order valence-electron chi connectivity index (χ1n) is 6.05. The predicted molar refractivity (Wildman–Crippen MR) is 77.8 cm³/mol. The fourth-order valence-electron chi connectivity index (χ4n) is 1.60. The van der Waals surface area contributed by atoms with Crippen molar-refractivity contribution < 1.29 is 9.13 Å². The van der Waals surface area contributed by atoms with Crippen LogP contribution in [0.25, 0.3) is 0 Å². The van der Waals surface area contributed by atoms with Gasteiger partial charge in [-0.3, -0.25) is 0 Å². The highest BCUT2D eigenvalue weighted by Crippen LogP contribution is 2.20. The molecule has 2 aromatic rings. The summed E-state index contributed by atoms with van der Waals surface area (Å²) in [5.41, 5.74) is 1.35. The van der Waals surface area contributed by atoms with Crippen molar-refractivity contribution in [3.8, 4) is 5.75 Å². The van der Waals surface area contributed by atoms with Crippen LogP contribution in [0, 0.1) is 5.82 Å². The van der Waals surface area contributed by atoms with Crippen molar-refractivity contribution in [3.05, 3.63) is 51.4 Å². The zero-order valence-corrected chi connectivity index (χ0v) is 11.9. The fourth-order valence-corrected chi connectivity index (χ4v) is 2.47. The van der Waals surface area contributed by atoms with E-state index in [1.807, 2.05) is 0 Å². The Morgan fingerprint density at radius 3 is 2.89 bits per heavy atom.